The number of carbonyl (C=O) groups is 2. The van der Waals surface area contributed by atoms with Gasteiger partial charge in [-0.15, -0.1) is 0 Å². The molecule has 0 bridgehead atoms. The molecule has 14 heteroatoms. The fourth-order valence-corrected chi connectivity index (χ4v) is 6.33. The first-order valence-corrected chi connectivity index (χ1v) is 16.5. The van der Waals surface area contributed by atoms with Crippen LogP contribution in [0.4, 0.5) is 13.2 Å². The van der Waals surface area contributed by atoms with Gasteiger partial charge in [-0.25, -0.2) is 0 Å². The number of aromatic hydroxyl groups is 1. The molecule has 266 valence electrons. The van der Waals surface area contributed by atoms with E-state index in [1.807, 2.05) is 0 Å². The van der Waals surface area contributed by atoms with Gasteiger partial charge in [-0.1, -0.05) is 35.3 Å². The lowest BCUT2D eigenvalue weighted by Crippen LogP contribution is -2.13. The summed E-state index contributed by atoms with van der Waals surface area (Å²) in [7, 11) is 2.68. The standard InChI is InChI=1S/C24H23ClF3NO4.C12H12ClNO3/c1-31-22(30)7-6-21-23(25)18-11-16(3-5-20(18)29-21)33-12-14-2-4-17(15-8-9-32-13-15)19(10-14)24(26,27)28;1-17-11(16)5-4-10-12(13)8-6-7(15)2-3-9(8)14-10/h2-5,10-11,15,29H,6-9,12-13H2,1H3;2-3,6,14-15H,4-5H2,1H3. The van der Waals surface area contributed by atoms with Crippen LogP contribution in [0.3, 0.4) is 0 Å². The zero-order chi connectivity index (χ0) is 36.0. The minimum Gasteiger partial charge on any atom is -0.508 e. The molecular formula is C36H35Cl2F3N2O7. The number of hydrogen-bond donors (Lipinski definition) is 3. The molecule has 0 aliphatic carbocycles. The van der Waals surface area contributed by atoms with Crippen molar-refractivity contribution in [2.24, 2.45) is 0 Å². The molecule has 2 aromatic heterocycles. The third-order valence-electron chi connectivity index (χ3n) is 8.38. The van der Waals surface area contributed by atoms with E-state index in [9.17, 15) is 27.9 Å². The monoisotopic (exact) mass is 734 g/mol. The number of esters is 2. The molecule has 1 aliphatic rings. The first-order chi connectivity index (χ1) is 23.9. The average molecular weight is 736 g/mol. The van der Waals surface area contributed by atoms with E-state index < -0.39 is 11.7 Å². The zero-order valence-electron chi connectivity index (χ0n) is 27.2. The third-order valence-corrected chi connectivity index (χ3v) is 9.24. The summed E-state index contributed by atoms with van der Waals surface area (Å²) in [4.78, 5) is 28.7. The van der Waals surface area contributed by atoms with Crippen LogP contribution in [0, 0.1) is 0 Å². The van der Waals surface area contributed by atoms with Crippen molar-refractivity contribution in [3.63, 3.8) is 0 Å². The number of methoxy groups -OCH3 is 2. The van der Waals surface area contributed by atoms with Gasteiger partial charge in [0, 0.05) is 45.7 Å². The topological polar surface area (TPSA) is 123 Å². The van der Waals surface area contributed by atoms with Crippen LogP contribution in [0.5, 0.6) is 11.5 Å². The smallest absolute Gasteiger partial charge is 0.416 e. The number of carbonyl (C=O) groups excluding carboxylic acids is 2. The first-order valence-electron chi connectivity index (χ1n) is 15.7. The minimum atomic E-state index is -4.45. The van der Waals surface area contributed by atoms with Crippen molar-refractivity contribution in [3.05, 3.63) is 92.7 Å². The van der Waals surface area contributed by atoms with Crippen LogP contribution in [-0.2, 0) is 49.4 Å². The summed E-state index contributed by atoms with van der Waals surface area (Å²) in [6, 6.07) is 14.5. The summed E-state index contributed by atoms with van der Waals surface area (Å²) < 4.78 is 61.3. The number of benzene rings is 3. The van der Waals surface area contributed by atoms with E-state index in [0.29, 0.717) is 64.9 Å². The van der Waals surface area contributed by atoms with E-state index in [4.69, 9.17) is 32.7 Å². The molecule has 1 unspecified atom stereocenters. The molecule has 1 aliphatic heterocycles. The molecule has 1 fully saturated rings. The number of aromatic nitrogens is 2. The summed E-state index contributed by atoms with van der Waals surface area (Å²) in [6.45, 7) is 0.757. The van der Waals surface area contributed by atoms with Crippen LogP contribution in [0.15, 0.2) is 54.6 Å². The predicted molar refractivity (Wildman–Crippen MR) is 183 cm³/mol. The maximum atomic E-state index is 13.7. The molecule has 3 aromatic carbocycles. The second-order valence-corrected chi connectivity index (χ2v) is 12.4. The van der Waals surface area contributed by atoms with Gasteiger partial charge in [0.25, 0.3) is 0 Å². The Bertz CT molecular complexity index is 1980. The molecule has 0 radical (unpaired) electrons. The molecule has 50 heavy (non-hydrogen) atoms. The minimum absolute atomic E-state index is 0.0206. The van der Waals surface area contributed by atoms with Crippen molar-refractivity contribution < 1.29 is 46.8 Å². The number of hydrogen-bond acceptors (Lipinski definition) is 7. The van der Waals surface area contributed by atoms with Crippen molar-refractivity contribution in [1.82, 2.24) is 9.97 Å². The van der Waals surface area contributed by atoms with E-state index in [1.54, 1.807) is 42.5 Å². The Morgan fingerprint density at radius 1 is 0.880 bits per heavy atom. The Morgan fingerprint density at radius 2 is 1.48 bits per heavy atom. The Hall–Kier alpha value is -4.39. The number of ether oxygens (including phenoxy) is 4. The summed E-state index contributed by atoms with van der Waals surface area (Å²) in [5.41, 5.74) is 3.14. The highest BCUT2D eigenvalue weighted by Crippen LogP contribution is 2.39. The molecule has 0 spiro atoms. The van der Waals surface area contributed by atoms with Crippen molar-refractivity contribution in [3.8, 4) is 11.5 Å². The second kappa shape index (κ2) is 16.1. The van der Waals surface area contributed by atoms with Gasteiger partial charge in [0.2, 0.25) is 0 Å². The number of halogens is 5. The first kappa shape index (κ1) is 36.9. The lowest BCUT2D eigenvalue weighted by Gasteiger charge is -2.18. The average Bonchev–Trinajstić information content (AvgIpc) is 3.83. The van der Waals surface area contributed by atoms with Gasteiger partial charge in [-0.3, -0.25) is 9.59 Å². The number of aryl methyl sites for hydroxylation is 2. The molecule has 3 heterocycles. The van der Waals surface area contributed by atoms with E-state index in [-0.39, 0.29) is 48.6 Å². The SMILES string of the molecule is COC(=O)CCc1[nH]c2ccc(O)cc2c1Cl.COC(=O)CCc1[nH]c2ccc(OCc3ccc(C4CCOC4)c(C(F)(F)F)c3)cc2c1Cl. The predicted octanol–water partition coefficient (Wildman–Crippen LogP) is 8.66. The second-order valence-electron chi connectivity index (χ2n) is 11.7. The largest absolute Gasteiger partial charge is 0.508 e. The number of H-pyrrole nitrogens is 2. The van der Waals surface area contributed by atoms with Gasteiger partial charge in [-0.2, -0.15) is 13.2 Å². The van der Waals surface area contributed by atoms with Crippen LogP contribution >= 0.6 is 23.2 Å². The number of aromatic amines is 2. The Morgan fingerprint density at radius 3 is 2.04 bits per heavy atom. The summed E-state index contributed by atoms with van der Waals surface area (Å²) in [5, 5.41) is 11.9. The van der Waals surface area contributed by atoms with Crippen LogP contribution < -0.4 is 4.74 Å². The fourth-order valence-electron chi connectivity index (χ4n) is 5.73. The maximum Gasteiger partial charge on any atom is 0.416 e. The van der Waals surface area contributed by atoms with Crippen LogP contribution in [0.2, 0.25) is 10.0 Å². The lowest BCUT2D eigenvalue weighted by atomic mass is 9.92. The van der Waals surface area contributed by atoms with Gasteiger partial charge < -0.3 is 34.0 Å². The Kier molecular flexibility index (Phi) is 11.9. The molecule has 5 aromatic rings. The summed E-state index contributed by atoms with van der Waals surface area (Å²) in [5.74, 6) is -0.216. The highest BCUT2D eigenvalue weighted by molar-refractivity contribution is 6.37. The lowest BCUT2D eigenvalue weighted by molar-refractivity contribution is -0.141. The van der Waals surface area contributed by atoms with Crippen LogP contribution in [-0.4, -0.2) is 54.4 Å². The maximum absolute atomic E-state index is 13.7. The van der Waals surface area contributed by atoms with Crippen molar-refractivity contribution in [2.75, 3.05) is 27.4 Å². The molecule has 9 nitrogen and oxygen atoms in total. The number of phenolic OH excluding ortho intramolecular Hbond substituents is 1. The van der Waals surface area contributed by atoms with E-state index in [2.05, 4.69) is 19.4 Å². The molecule has 3 N–H and O–H groups in total. The van der Waals surface area contributed by atoms with E-state index in [1.165, 1.54) is 20.3 Å². The van der Waals surface area contributed by atoms with Gasteiger partial charge in [0.1, 0.15) is 18.1 Å². The highest BCUT2D eigenvalue weighted by Gasteiger charge is 2.36. The van der Waals surface area contributed by atoms with Crippen molar-refractivity contribution in [1.29, 1.82) is 0 Å². The summed E-state index contributed by atoms with van der Waals surface area (Å²) >= 11 is 12.6. The van der Waals surface area contributed by atoms with Crippen LogP contribution in [0.25, 0.3) is 21.8 Å². The summed E-state index contributed by atoms with van der Waals surface area (Å²) in [6.07, 6.45) is -2.52. The highest BCUT2D eigenvalue weighted by atomic mass is 35.5. The van der Waals surface area contributed by atoms with Gasteiger partial charge in [0.15, 0.2) is 0 Å². The fraction of sp³-hybridized carbons (Fsp3) is 0.333. The van der Waals surface area contributed by atoms with Crippen molar-refractivity contribution >= 4 is 56.9 Å². The van der Waals surface area contributed by atoms with Crippen molar-refractivity contribution in [2.45, 2.75) is 50.8 Å². The van der Waals surface area contributed by atoms with Gasteiger partial charge in [0.05, 0.1) is 49.3 Å². The number of phenols is 1. The number of alkyl halides is 3. The molecule has 0 saturated carbocycles. The molecular weight excluding hydrogens is 700 g/mol. The molecule has 1 saturated heterocycles. The number of fused-ring (bicyclic) bond motifs is 2. The third kappa shape index (κ3) is 8.85. The number of rotatable bonds is 10. The quantitative estimate of drug-likeness (QED) is 0.123. The van der Waals surface area contributed by atoms with E-state index in [0.717, 1.165) is 28.2 Å². The molecule has 1 atom stereocenters. The number of nitrogens with one attached hydrogen (secondary N) is 2. The zero-order valence-corrected chi connectivity index (χ0v) is 28.7. The van der Waals surface area contributed by atoms with Gasteiger partial charge >= 0.3 is 18.1 Å². The van der Waals surface area contributed by atoms with Gasteiger partial charge in [-0.05, 0) is 72.9 Å². The Labute approximate surface area is 295 Å². The normalized spacial score (nSPS) is 14.4. The molecule has 0 amide bonds. The molecule has 6 rings (SSSR count). The van der Waals surface area contributed by atoms with E-state index >= 15 is 0 Å². The Balaban J connectivity index is 0.000000240. The van der Waals surface area contributed by atoms with Crippen LogP contribution in [0.1, 0.15) is 53.3 Å².